The second kappa shape index (κ2) is 39.9. The Hall–Kier alpha value is -18.7. The molecule has 688 valence electrons. The van der Waals surface area contributed by atoms with Gasteiger partial charge in [-0.1, -0.05) is 344 Å². The van der Waals surface area contributed by atoms with Crippen molar-refractivity contribution in [1.82, 2.24) is 58.6 Å². The van der Waals surface area contributed by atoms with E-state index >= 15 is 0 Å². The lowest BCUT2D eigenvalue weighted by molar-refractivity contribution is 0.00578. The number of para-hydroxylation sites is 3. The van der Waals surface area contributed by atoms with Gasteiger partial charge in [0.2, 0.25) is 0 Å². The number of halogens is 1. The third-order valence-electron chi connectivity index (χ3n) is 26.4. The summed E-state index contributed by atoms with van der Waals surface area (Å²) in [5.41, 5.74) is 24.5. The molecular weight excluding hydrogens is 1850 g/mol. The second-order valence-electron chi connectivity index (χ2n) is 36.2. The van der Waals surface area contributed by atoms with E-state index in [0.717, 1.165) is 165 Å². The Kier molecular flexibility index (Phi) is 25.2. The molecular formula is C126H87BBrN15O2. The normalized spacial score (nSPS) is 12.3. The van der Waals surface area contributed by atoms with Crippen molar-refractivity contribution in [3.63, 3.8) is 0 Å². The summed E-state index contributed by atoms with van der Waals surface area (Å²) < 4.78 is 20.3. The van der Waals surface area contributed by atoms with Gasteiger partial charge in [-0.05, 0) is 183 Å². The van der Waals surface area contributed by atoms with Gasteiger partial charge in [0, 0.05) is 104 Å². The van der Waals surface area contributed by atoms with Gasteiger partial charge in [-0.15, -0.1) is 0 Å². The van der Waals surface area contributed by atoms with E-state index in [-0.39, 0.29) is 0 Å². The molecule has 0 N–H and O–H groups in total. The molecule has 1 fully saturated rings. The van der Waals surface area contributed by atoms with Crippen molar-refractivity contribution in [3.8, 4) is 160 Å². The smallest absolute Gasteiger partial charge is 0.399 e. The van der Waals surface area contributed by atoms with E-state index in [1.807, 2.05) is 309 Å². The lowest BCUT2D eigenvalue weighted by Gasteiger charge is -2.32. The van der Waals surface area contributed by atoms with Crippen LogP contribution >= 0.6 is 15.9 Å². The molecule has 24 aromatic rings. The van der Waals surface area contributed by atoms with Gasteiger partial charge in [0.25, 0.3) is 0 Å². The highest BCUT2D eigenvalue weighted by molar-refractivity contribution is 9.10. The van der Waals surface area contributed by atoms with Crippen LogP contribution < -0.4 is 5.46 Å². The van der Waals surface area contributed by atoms with Gasteiger partial charge in [-0.25, -0.2) is 44.9 Å². The predicted octanol–water partition coefficient (Wildman–Crippen LogP) is 29.6. The zero-order valence-electron chi connectivity index (χ0n) is 79.3. The number of nitriles is 3. The molecule has 18 aromatic carbocycles. The van der Waals surface area contributed by atoms with Crippen LogP contribution in [-0.4, -0.2) is 76.9 Å². The Morgan fingerprint density at radius 2 is 0.441 bits per heavy atom. The monoisotopic (exact) mass is 1930 g/mol. The Bertz CT molecular complexity index is 8630. The fourth-order valence-corrected chi connectivity index (χ4v) is 18.9. The highest BCUT2D eigenvalue weighted by atomic mass is 79.9. The highest BCUT2D eigenvalue weighted by Crippen LogP contribution is 2.42. The molecule has 7 heterocycles. The summed E-state index contributed by atoms with van der Waals surface area (Å²) in [6.07, 6.45) is 0. The van der Waals surface area contributed by atoms with Crippen LogP contribution in [0.2, 0.25) is 0 Å². The minimum absolute atomic E-state index is 0.401. The van der Waals surface area contributed by atoms with E-state index in [4.69, 9.17) is 59.4 Å². The quantitative estimate of drug-likeness (QED) is 0.0872. The minimum atomic E-state index is -0.445. The van der Waals surface area contributed by atoms with Crippen LogP contribution in [0.1, 0.15) is 44.4 Å². The van der Waals surface area contributed by atoms with Crippen molar-refractivity contribution in [3.05, 3.63) is 476 Å². The number of rotatable bonds is 15. The number of benzene rings is 18. The van der Waals surface area contributed by atoms with Crippen LogP contribution in [0.3, 0.4) is 0 Å². The Balaban J connectivity index is 0.000000114. The summed E-state index contributed by atoms with van der Waals surface area (Å²) >= 11 is 3.54. The molecule has 1 aliphatic heterocycles. The lowest BCUT2D eigenvalue weighted by atomic mass is 9.78. The molecule has 17 nitrogen and oxygen atoms in total. The third kappa shape index (κ3) is 18.8. The van der Waals surface area contributed by atoms with Crippen molar-refractivity contribution in [1.29, 1.82) is 15.8 Å². The van der Waals surface area contributed by atoms with Crippen molar-refractivity contribution >= 4 is 93.9 Å². The van der Waals surface area contributed by atoms with Crippen molar-refractivity contribution in [2.45, 2.75) is 38.9 Å². The molecule has 0 atom stereocenters. The largest absolute Gasteiger partial charge is 0.494 e. The molecule has 6 aromatic heterocycles. The average molecular weight is 1930 g/mol. The highest BCUT2D eigenvalue weighted by Gasteiger charge is 2.52. The molecule has 0 radical (unpaired) electrons. The summed E-state index contributed by atoms with van der Waals surface area (Å²) in [6, 6.07) is 160. The third-order valence-corrected chi connectivity index (χ3v) is 26.9. The Morgan fingerprint density at radius 1 is 0.214 bits per heavy atom. The van der Waals surface area contributed by atoms with E-state index < -0.39 is 18.3 Å². The number of aromatic nitrogens is 12. The van der Waals surface area contributed by atoms with E-state index in [9.17, 15) is 10.5 Å². The number of hydrogen-bond acceptors (Lipinski definition) is 14. The summed E-state index contributed by atoms with van der Waals surface area (Å²) in [6.45, 7) is 8.23. The van der Waals surface area contributed by atoms with Gasteiger partial charge in [0.15, 0.2) is 52.4 Å². The Morgan fingerprint density at radius 3 is 0.738 bits per heavy atom. The van der Waals surface area contributed by atoms with Crippen LogP contribution in [0.15, 0.2) is 459 Å². The minimum Gasteiger partial charge on any atom is -0.399 e. The zero-order valence-corrected chi connectivity index (χ0v) is 80.9. The molecule has 145 heavy (non-hydrogen) atoms. The molecule has 1 saturated heterocycles. The summed E-state index contributed by atoms with van der Waals surface area (Å²) in [4.78, 5) is 43.8. The lowest BCUT2D eigenvalue weighted by Crippen LogP contribution is -2.41. The SMILES string of the molecule is CC1(C)OB(c2cccc(-c3nc(-c4ccccc4)nc(-c4ccccc4)n3)c2)OC1(C)C.N#Cc1ccc2c(c1)c1ccccc1n2-c1cccc(-c2cccc(-c3nc(-c4ccccc4)nc(-c4ccccc4)n3)c2)c1.N#Cc1ccc2c(c1)c1ccccc1n2-c1cccc(-c2cccc(-c3nc(-c4ccccc4)nc(-c4ccccc4)n3)c2)c1.N#Cc1ccc2c(c1)c1ccccc1n2-c1cccc(Br)c1. The van der Waals surface area contributed by atoms with Gasteiger partial charge in [0.1, 0.15) is 0 Å². The molecule has 0 bridgehead atoms. The van der Waals surface area contributed by atoms with E-state index in [1.165, 1.54) is 0 Å². The summed E-state index contributed by atoms with van der Waals surface area (Å²) in [7, 11) is -0.445. The van der Waals surface area contributed by atoms with E-state index in [0.29, 0.717) is 69.1 Å². The molecule has 0 amide bonds. The van der Waals surface area contributed by atoms with Crippen LogP contribution in [0.5, 0.6) is 0 Å². The molecule has 1 aliphatic rings. The average Bonchev–Trinajstić information content (AvgIpc) is 1.60. The topological polar surface area (TPSA) is 221 Å². The Labute approximate surface area is 846 Å². The molecule has 0 unspecified atom stereocenters. The molecule has 19 heteroatoms. The predicted molar refractivity (Wildman–Crippen MR) is 586 cm³/mol. The molecule has 0 spiro atoms. The molecule has 25 rings (SSSR count). The fourth-order valence-electron chi connectivity index (χ4n) is 18.5. The first-order valence-corrected chi connectivity index (χ1v) is 48.4. The van der Waals surface area contributed by atoms with Gasteiger partial charge in [-0.2, -0.15) is 15.8 Å². The number of fused-ring (bicyclic) bond motifs is 9. The van der Waals surface area contributed by atoms with Crippen molar-refractivity contribution in [2.75, 3.05) is 0 Å². The van der Waals surface area contributed by atoms with Crippen LogP contribution in [0.25, 0.3) is 207 Å². The van der Waals surface area contributed by atoms with E-state index in [1.54, 1.807) is 0 Å². The van der Waals surface area contributed by atoms with Gasteiger partial charge < -0.3 is 23.0 Å². The van der Waals surface area contributed by atoms with Crippen LogP contribution in [0.4, 0.5) is 0 Å². The first-order valence-electron chi connectivity index (χ1n) is 47.7. The first kappa shape index (κ1) is 91.4. The van der Waals surface area contributed by atoms with Crippen molar-refractivity contribution in [2.24, 2.45) is 0 Å². The second-order valence-corrected chi connectivity index (χ2v) is 37.1. The number of nitrogens with zero attached hydrogens (tertiary/aromatic N) is 15. The number of hydrogen-bond donors (Lipinski definition) is 0. The van der Waals surface area contributed by atoms with Crippen LogP contribution in [0, 0.1) is 34.0 Å². The maximum Gasteiger partial charge on any atom is 0.494 e. The summed E-state index contributed by atoms with van der Waals surface area (Å²) in [5, 5.41) is 34.9. The van der Waals surface area contributed by atoms with Gasteiger partial charge >= 0.3 is 7.12 Å². The van der Waals surface area contributed by atoms with E-state index in [2.05, 4.69) is 221 Å². The maximum absolute atomic E-state index is 9.54. The zero-order chi connectivity index (χ0) is 98.5. The molecule has 0 saturated carbocycles. The molecule has 0 aliphatic carbocycles. The van der Waals surface area contributed by atoms with Crippen molar-refractivity contribution < 1.29 is 9.31 Å². The first-order chi connectivity index (χ1) is 71.1. The van der Waals surface area contributed by atoms with Crippen LogP contribution in [-0.2, 0) is 9.31 Å². The van der Waals surface area contributed by atoms with Gasteiger partial charge in [-0.3, -0.25) is 0 Å². The summed E-state index contributed by atoms with van der Waals surface area (Å²) in [5.74, 6) is 5.68. The maximum atomic E-state index is 9.54. The standard InChI is InChI=1S/2C40H25N5.C27H26BN3O2.C19H11BrN2/c2*41-26-27-21-22-37-35(23-27)34-19-7-8-20-36(34)45(37)33-18-10-16-31(25-33)30-15-9-17-32(24-30)40-43-38(28-11-3-1-4-12-28)42-39(44-40)29-13-5-2-6-14-29;1-26(2)27(3,4)33-28(32-26)22-17-11-16-21(18-22)25-30-23(19-12-7-5-8-13-19)29-24(31-25)20-14-9-6-10-15-20;20-14-4-3-5-15(11-14)22-18-7-2-1-6-16(18)17-10-13(12-21)8-9-19(17)22/h2*1-25H;5-18H,1-4H3;1-11H. The van der Waals surface area contributed by atoms with Gasteiger partial charge in [0.05, 0.1) is 79.2 Å². The fraction of sp³-hybridized carbons (Fsp3) is 0.0476.